The molecule has 144 valence electrons. The second-order valence-electron chi connectivity index (χ2n) is 7.41. The molecule has 4 heteroatoms. The molecule has 2 N–H and O–H groups in total. The van der Waals surface area contributed by atoms with Crippen LogP contribution in [-0.4, -0.2) is 11.4 Å². The van der Waals surface area contributed by atoms with Gasteiger partial charge >= 0.3 is 0 Å². The lowest BCUT2D eigenvalue weighted by Gasteiger charge is -2.23. The van der Waals surface area contributed by atoms with Crippen molar-refractivity contribution in [3.63, 3.8) is 0 Å². The van der Waals surface area contributed by atoms with Gasteiger partial charge in [0.15, 0.2) is 0 Å². The van der Waals surface area contributed by atoms with E-state index in [2.05, 4.69) is 17.0 Å². The van der Waals surface area contributed by atoms with E-state index in [9.17, 15) is 8.78 Å². The lowest BCUT2D eigenvalue weighted by Crippen LogP contribution is -2.29. The van der Waals surface area contributed by atoms with E-state index in [4.69, 9.17) is 5.73 Å². The van der Waals surface area contributed by atoms with Crippen molar-refractivity contribution < 1.29 is 8.78 Å². The molecule has 1 aliphatic heterocycles. The molecule has 28 heavy (non-hydrogen) atoms. The second-order valence-corrected chi connectivity index (χ2v) is 7.41. The maximum absolute atomic E-state index is 13.4. The van der Waals surface area contributed by atoms with Crippen LogP contribution in [0.1, 0.15) is 47.2 Å². The van der Waals surface area contributed by atoms with Gasteiger partial charge in [-0.15, -0.1) is 0 Å². The molecule has 0 amide bonds. The molecule has 0 bridgehead atoms. The van der Waals surface area contributed by atoms with Crippen molar-refractivity contribution in [3.8, 4) is 0 Å². The molecule has 0 saturated carbocycles. The van der Waals surface area contributed by atoms with Gasteiger partial charge in [0, 0.05) is 19.0 Å². The van der Waals surface area contributed by atoms with Gasteiger partial charge in [-0.3, -0.25) is 4.90 Å². The number of rotatable bonds is 6. The molecule has 3 aromatic carbocycles. The van der Waals surface area contributed by atoms with Gasteiger partial charge in [0.1, 0.15) is 11.6 Å². The van der Waals surface area contributed by atoms with Gasteiger partial charge < -0.3 is 5.73 Å². The zero-order valence-electron chi connectivity index (χ0n) is 15.7. The van der Waals surface area contributed by atoms with Crippen LogP contribution in [0.25, 0.3) is 0 Å². The summed E-state index contributed by atoms with van der Waals surface area (Å²) in [6, 6.07) is 21.5. The van der Waals surface area contributed by atoms with E-state index in [1.165, 1.54) is 35.4 Å². The van der Waals surface area contributed by atoms with Crippen LogP contribution in [-0.2, 0) is 6.54 Å². The number of hydrogen-bond acceptors (Lipinski definition) is 2. The number of benzene rings is 3. The maximum atomic E-state index is 13.4. The Labute approximate surface area is 164 Å². The average Bonchev–Trinajstić information content (AvgIpc) is 3.03. The highest BCUT2D eigenvalue weighted by Crippen LogP contribution is 2.33. The van der Waals surface area contributed by atoms with Crippen LogP contribution < -0.4 is 5.73 Å². The topological polar surface area (TPSA) is 29.3 Å². The number of hydrogen-bond donors (Lipinski definition) is 1. The summed E-state index contributed by atoms with van der Waals surface area (Å²) in [6.45, 7) is 1.75. The summed E-state index contributed by atoms with van der Waals surface area (Å²) >= 11 is 0. The minimum Gasteiger partial charge on any atom is -0.312 e. The van der Waals surface area contributed by atoms with Gasteiger partial charge in [0.25, 0.3) is 0 Å². The maximum Gasteiger partial charge on any atom is 0.123 e. The minimum absolute atomic E-state index is 0.0636. The summed E-state index contributed by atoms with van der Waals surface area (Å²) in [6.07, 6.45) is 1.77. The van der Waals surface area contributed by atoms with E-state index in [0.29, 0.717) is 0 Å². The summed E-state index contributed by atoms with van der Waals surface area (Å²) < 4.78 is 26.7. The number of fused-ring (bicyclic) bond motifs is 1. The minimum atomic E-state index is -0.248. The van der Waals surface area contributed by atoms with Crippen molar-refractivity contribution in [2.75, 3.05) is 6.54 Å². The fourth-order valence-electron chi connectivity index (χ4n) is 4.11. The number of halogens is 2. The Morgan fingerprint density at radius 3 is 2.00 bits per heavy atom. The van der Waals surface area contributed by atoms with Gasteiger partial charge in [-0.25, -0.2) is 8.78 Å². The molecule has 2 nitrogen and oxygen atoms in total. The van der Waals surface area contributed by atoms with Crippen molar-refractivity contribution in [1.29, 1.82) is 0 Å². The van der Waals surface area contributed by atoms with Crippen molar-refractivity contribution in [1.82, 2.24) is 4.90 Å². The lowest BCUT2D eigenvalue weighted by atomic mass is 9.87. The fourth-order valence-corrected chi connectivity index (χ4v) is 4.11. The standard InChI is InChI=1S/C24H24F2N2/c25-20-11-7-17(8-12-20)22(18-9-13-21(26)14-10-18)6-3-15-28-16-19-4-1-2-5-23(19)24(28)27/h1-2,4-5,7-14,22,24H,3,6,15-16,27H2. The lowest BCUT2D eigenvalue weighted by molar-refractivity contribution is 0.214. The third-order valence-electron chi connectivity index (χ3n) is 5.62. The molecule has 1 heterocycles. The normalized spacial score (nSPS) is 16.5. The van der Waals surface area contributed by atoms with Gasteiger partial charge in [0.05, 0.1) is 6.17 Å². The first-order valence-corrected chi connectivity index (χ1v) is 9.70. The van der Waals surface area contributed by atoms with Crippen LogP contribution >= 0.6 is 0 Å². The van der Waals surface area contributed by atoms with Crippen LogP contribution in [0.3, 0.4) is 0 Å². The zero-order chi connectivity index (χ0) is 19.5. The highest BCUT2D eigenvalue weighted by Gasteiger charge is 2.26. The van der Waals surface area contributed by atoms with Crippen LogP contribution in [0.4, 0.5) is 8.78 Å². The average molecular weight is 378 g/mol. The van der Waals surface area contributed by atoms with Gasteiger partial charge in [-0.1, -0.05) is 48.5 Å². The van der Waals surface area contributed by atoms with Crippen molar-refractivity contribution in [3.05, 3.63) is 107 Å². The zero-order valence-corrected chi connectivity index (χ0v) is 15.7. The molecular weight excluding hydrogens is 354 g/mol. The molecule has 0 fully saturated rings. The highest BCUT2D eigenvalue weighted by atomic mass is 19.1. The third-order valence-corrected chi connectivity index (χ3v) is 5.62. The summed E-state index contributed by atoms with van der Waals surface area (Å²) in [4.78, 5) is 2.29. The van der Waals surface area contributed by atoms with E-state index >= 15 is 0 Å². The quantitative estimate of drug-likeness (QED) is 0.626. The van der Waals surface area contributed by atoms with E-state index in [1.807, 2.05) is 36.4 Å². The van der Waals surface area contributed by atoms with Gasteiger partial charge in [0.2, 0.25) is 0 Å². The molecule has 1 aliphatic rings. The Morgan fingerprint density at radius 1 is 0.857 bits per heavy atom. The van der Waals surface area contributed by atoms with Crippen LogP contribution in [0.15, 0.2) is 72.8 Å². The monoisotopic (exact) mass is 378 g/mol. The summed E-state index contributed by atoms with van der Waals surface area (Å²) in [5, 5.41) is 0. The van der Waals surface area contributed by atoms with E-state index < -0.39 is 0 Å². The molecular formula is C24H24F2N2. The third kappa shape index (κ3) is 3.98. The van der Waals surface area contributed by atoms with E-state index in [-0.39, 0.29) is 23.7 Å². The summed E-state index contributed by atoms with van der Waals surface area (Å²) in [5.41, 5.74) is 11.0. The van der Waals surface area contributed by atoms with E-state index in [1.54, 1.807) is 0 Å². The van der Waals surface area contributed by atoms with Gasteiger partial charge in [-0.2, -0.15) is 0 Å². The van der Waals surface area contributed by atoms with Crippen LogP contribution in [0.2, 0.25) is 0 Å². The van der Waals surface area contributed by atoms with Gasteiger partial charge in [-0.05, 0) is 59.4 Å². The first kappa shape index (κ1) is 18.8. The Hall–Kier alpha value is -2.56. The first-order valence-electron chi connectivity index (χ1n) is 9.70. The number of nitrogens with two attached hydrogens (primary N) is 1. The van der Waals surface area contributed by atoms with Crippen molar-refractivity contribution >= 4 is 0 Å². The SMILES string of the molecule is NC1c2ccccc2CN1CCCC(c1ccc(F)cc1)c1ccc(F)cc1. The Balaban J connectivity index is 1.46. The molecule has 1 unspecified atom stereocenters. The smallest absolute Gasteiger partial charge is 0.123 e. The molecule has 0 saturated heterocycles. The fraction of sp³-hybridized carbons (Fsp3) is 0.250. The first-order chi connectivity index (χ1) is 13.6. The number of nitrogens with zero attached hydrogens (tertiary/aromatic N) is 1. The van der Waals surface area contributed by atoms with E-state index in [0.717, 1.165) is 37.1 Å². The van der Waals surface area contributed by atoms with Crippen LogP contribution in [0, 0.1) is 11.6 Å². The van der Waals surface area contributed by atoms with Crippen molar-refractivity contribution in [2.24, 2.45) is 5.73 Å². The summed E-state index contributed by atoms with van der Waals surface area (Å²) in [5.74, 6) is -0.396. The molecule has 0 spiro atoms. The second kappa shape index (κ2) is 8.21. The molecule has 0 radical (unpaired) electrons. The predicted octanol–water partition coefficient (Wildman–Crippen LogP) is 5.35. The largest absolute Gasteiger partial charge is 0.312 e. The molecule has 0 aliphatic carbocycles. The molecule has 3 aromatic rings. The van der Waals surface area contributed by atoms with Crippen LogP contribution in [0.5, 0.6) is 0 Å². The Morgan fingerprint density at radius 2 is 1.43 bits per heavy atom. The predicted molar refractivity (Wildman–Crippen MR) is 108 cm³/mol. The molecule has 0 aromatic heterocycles. The van der Waals surface area contributed by atoms with Crippen molar-refractivity contribution in [2.45, 2.75) is 31.5 Å². The summed E-state index contributed by atoms with van der Waals surface area (Å²) in [7, 11) is 0. The molecule has 1 atom stereocenters. The highest BCUT2D eigenvalue weighted by molar-refractivity contribution is 5.34. The Kier molecular flexibility index (Phi) is 5.51. The Bertz CT molecular complexity index is 877. The molecule has 4 rings (SSSR count).